The molecule has 0 radical (unpaired) electrons. The van der Waals surface area contributed by atoms with Gasteiger partial charge in [0.2, 0.25) is 0 Å². The molecule has 5 nitrogen and oxygen atoms in total. The van der Waals surface area contributed by atoms with E-state index in [4.69, 9.17) is 0 Å². The lowest BCUT2D eigenvalue weighted by atomic mass is 10.2. The molecule has 6 heteroatoms. The number of hydrogen-bond acceptors (Lipinski definition) is 3. The zero-order chi connectivity index (χ0) is 16.7. The Labute approximate surface area is 142 Å². The van der Waals surface area contributed by atoms with Gasteiger partial charge in [-0.2, -0.15) is 5.10 Å². The molecule has 0 spiro atoms. The maximum Gasteiger partial charge on any atom is 0.262 e. The first-order valence-electron chi connectivity index (χ1n) is 7.00. The predicted molar refractivity (Wildman–Crippen MR) is 93.2 cm³/mol. The molecule has 0 heterocycles. The third-order valence-corrected chi connectivity index (χ3v) is 3.56. The van der Waals surface area contributed by atoms with E-state index in [0.29, 0.717) is 5.56 Å². The summed E-state index contributed by atoms with van der Waals surface area (Å²) in [5.74, 6) is -0.687. The molecule has 1 atom stereocenters. The number of hydrazone groups is 1. The molecule has 0 aliphatic carbocycles. The minimum atomic E-state index is -0.690. The van der Waals surface area contributed by atoms with Crippen molar-refractivity contribution >= 4 is 34.0 Å². The van der Waals surface area contributed by atoms with Crippen LogP contribution in [0.4, 0.5) is 0 Å². The predicted octanol–water partition coefficient (Wildman–Crippen LogP) is 2.72. The van der Waals surface area contributed by atoms with Crippen LogP contribution >= 0.6 is 15.9 Å². The molecule has 2 aromatic rings. The quantitative estimate of drug-likeness (QED) is 0.624. The first-order chi connectivity index (χ1) is 11.1. The second-order valence-corrected chi connectivity index (χ2v) is 5.76. The lowest BCUT2D eigenvalue weighted by Crippen LogP contribution is -2.43. The molecule has 2 amide bonds. The van der Waals surface area contributed by atoms with Gasteiger partial charge in [0, 0.05) is 10.0 Å². The molecule has 0 aliphatic rings. The molecular formula is C17H16BrN3O2. The van der Waals surface area contributed by atoms with Crippen LogP contribution in [0.3, 0.4) is 0 Å². The van der Waals surface area contributed by atoms with E-state index >= 15 is 0 Å². The van der Waals surface area contributed by atoms with Crippen LogP contribution in [0.2, 0.25) is 0 Å². The molecule has 0 unspecified atom stereocenters. The Morgan fingerprint density at radius 1 is 1.09 bits per heavy atom. The maximum absolute atomic E-state index is 12.0. The van der Waals surface area contributed by atoms with Gasteiger partial charge >= 0.3 is 0 Å². The summed E-state index contributed by atoms with van der Waals surface area (Å²) >= 11 is 3.34. The van der Waals surface area contributed by atoms with Crippen LogP contribution in [0, 0.1) is 0 Å². The summed E-state index contributed by atoms with van der Waals surface area (Å²) in [4.78, 5) is 23.9. The molecule has 0 saturated heterocycles. The molecule has 0 aliphatic heterocycles. The van der Waals surface area contributed by atoms with Gasteiger partial charge in [0.1, 0.15) is 6.04 Å². The van der Waals surface area contributed by atoms with Gasteiger partial charge in [0.25, 0.3) is 11.8 Å². The Bertz CT molecular complexity index is 700. The van der Waals surface area contributed by atoms with Gasteiger partial charge in [-0.3, -0.25) is 9.59 Å². The summed E-state index contributed by atoms with van der Waals surface area (Å²) in [6.07, 6.45) is 1.54. The van der Waals surface area contributed by atoms with Crippen molar-refractivity contribution in [3.05, 3.63) is 70.2 Å². The Hall–Kier alpha value is -2.47. The van der Waals surface area contributed by atoms with E-state index in [9.17, 15) is 9.59 Å². The average molecular weight is 374 g/mol. The summed E-state index contributed by atoms with van der Waals surface area (Å²) in [7, 11) is 0. The Balaban J connectivity index is 1.85. The third kappa shape index (κ3) is 5.34. The number of nitrogens with zero attached hydrogens (tertiary/aromatic N) is 1. The van der Waals surface area contributed by atoms with Gasteiger partial charge in [-0.1, -0.05) is 46.3 Å². The number of hydrogen-bond donors (Lipinski definition) is 2. The van der Waals surface area contributed by atoms with E-state index in [2.05, 4.69) is 31.8 Å². The summed E-state index contributed by atoms with van der Waals surface area (Å²) in [6.45, 7) is 1.60. The Kier molecular flexibility index (Phi) is 6.05. The number of nitrogens with one attached hydrogen (secondary N) is 2. The first kappa shape index (κ1) is 16.9. The van der Waals surface area contributed by atoms with Crippen molar-refractivity contribution < 1.29 is 9.59 Å². The molecule has 2 aromatic carbocycles. The van der Waals surface area contributed by atoms with Crippen LogP contribution in [0.15, 0.2) is 64.2 Å². The van der Waals surface area contributed by atoms with Crippen molar-refractivity contribution in [2.24, 2.45) is 5.10 Å². The molecular weight excluding hydrogens is 358 g/mol. The summed E-state index contributed by atoms with van der Waals surface area (Å²) in [5.41, 5.74) is 3.77. The smallest absolute Gasteiger partial charge is 0.262 e. The number of amides is 2. The number of carbonyl (C=O) groups excluding carboxylic acids is 2. The molecule has 23 heavy (non-hydrogen) atoms. The van der Waals surface area contributed by atoms with E-state index < -0.39 is 6.04 Å². The lowest BCUT2D eigenvalue weighted by Gasteiger charge is -2.12. The van der Waals surface area contributed by atoms with Gasteiger partial charge in [-0.15, -0.1) is 0 Å². The molecule has 2 rings (SSSR count). The summed E-state index contributed by atoms with van der Waals surface area (Å²) in [5, 5.41) is 6.50. The maximum atomic E-state index is 12.0. The highest BCUT2D eigenvalue weighted by molar-refractivity contribution is 9.10. The van der Waals surface area contributed by atoms with Gasteiger partial charge < -0.3 is 5.32 Å². The standard InChI is InChI=1S/C17H16BrN3O2/c1-12(20-17(23)14-5-3-2-4-6-14)16(22)21-19-11-13-7-9-15(18)10-8-13/h2-12H,1H3,(H,20,23)(H,21,22)/b19-11-/t12-/m0/s1. The lowest BCUT2D eigenvalue weighted by molar-refractivity contribution is -0.122. The normalized spacial score (nSPS) is 11.9. The molecule has 0 fully saturated rings. The van der Waals surface area contributed by atoms with Gasteiger partial charge in [-0.05, 0) is 36.8 Å². The van der Waals surface area contributed by atoms with E-state index in [1.54, 1.807) is 31.2 Å². The van der Waals surface area contributed by atoms with Crippen LogP contribution in [0.5, 0.6) is 0 Å². The van der Waals surface area contributed by atoms with Crippen LogP contribution in [-0.4, -0.2) is 24.1 Å². The SMILES string of the molecule is C[C@H](NC(=O)c1ccccc1)C(=O)N/N=C\c1ccc(Br)cc1. The zero-order valence-electron chi connectivity index (χ0n) is 12.5. The second-order valence-electron chi connectivity index (χ2n) is 4.85. The third-order valence-electron chi connectivity index (χ3n) is 3.04. The van der Waals surface area contributed by atoms with Crippen LogP contribution in [0.1, 0.15) is 22.8 Å². The Morgan fingerprint density at radius 2 is 1.74 bits per heavy atom. The van der Waals surface area contributed by atoms with Crippen molar-refractivity contribution in [2.45, 2.75) is 13.0 Å². The van der Waals surface area contributed by atoms with Crippen molar-refractivity contribution in [3.8, 4) is 0 Å². The van der Waals surface area contributed by atoms with E-state index in [-0.39, 0.29) is 11.8 Å². The minimum Gasteiger partial charge on any atom is -0.340 e. The zero-order valence-corrected chi connectivity index (χ0v) is 14.1. The molecule has 0 bridgehead atoms. The number of carbonyl (C=O) groups is 2. The Morgan fingerprint density at radius 3 is 2.39 bits per heavy atom. The van der Waals surface area contributed by atoms with Crippen molar-refractivity contribution in [1.82, 2.24) is 10.7 Å². The highest BCUT2D eigenvalue weighted by atomic mass is 79.9. The largest absolute Gasteiger partial charge is 0.340 e. The average Bonchev–Trinajstić information content (AvgIpc) is 2.57. The summed E-state index contributed by atoms with van der Waals surface area (Å²) in [6, 6.07) is 15.5. The van der Waals surface area contributed by atoms with Crippen molar-refractivity contribution in [3.63, 3.8) is 0 Å². The topological polar surface area (TPSA) is 70.6 Å². The van der Waals surface area contributed by atoms with Crippen LogP contribution < -0.4 is 10.7 Å². The van der Waals surface area contributed by atoms with Crippen LogP contribution in [0.25, 0.3) is 0 Å². The van der Waals surface area contributed by atoms with E-state index in [1.165, 1.54) is 6.21 Å². The molecule has 2 N–H and O–H groups in total. The minimum absolute atomic E-state index is 0.301. The van der Waals surface area contributed by atoms with Crippen molar-refractivity contribution in [2.75, 3.05) is 0 Å². The van der Waals surface area contributed by atoms with Gasteiger partial charge in [-0.25, -0.2) is 5.43 Å². The monoisotopic (exact) mass is 373 g/mol. The number of rotatable bonds is 5. The fourth-order valence-electron chi connectivity index (χ4n) is 1.75. The van der Waals surface area contributed by atoms with Gasteiger partial charge in [0.05, 0.1) is 6.21 Å². The molecule has 118 valence electrons. The molecule has 0 aromatic heterocycles. The second kappa shape index (κ2) is 8.24. The van der Waals surface area contributed by atoms with Gasteiger partial charge in [0.15, 0.2) is 0 Å². The van der Waals surface area contributed by atoms with E-state index in [0.717, 1.165) is 10.0 Å². The van der Waals surface area contributed by atoms with Crippen molar-refractivity contribution in [1.29, 1.82) is 0 Å². The van der Waals surface area contributed by atoms with E-state index in [1.807, 2.05) is 30.3 Å². The fraction of sp³-hybridized carbons (Fsp3) is 0.118. The molecule has 0 saturated carbocycles. The van der Waals surface area contributed by atoms with Crippen LogP contribution in [-0.2, 0) is 4.79 Å². The first-order valence-corrected chi connectivity index (χ1v) is 7.80. The number of halogens is 1. The summed E-state index contributed by atoms with van der Waals surface area (Å²) < 4.78 is 0.968. The highest BCUT2D eigenvalue weighted by Crippen LogP contribution is 2.08. The number of benzene rings is 2. The highest BCUT2D eigenvalue weighted by Gasteiger charge is 2.15. The fourth-order valence-corrected chi connectivity index (χ4v) is 2.02.